The molecule has 1 saturated heterocycles. The van der Waals surface area contributed by atoms with Gasteiger partial charge >= 0.3 is 0 Å². The summed E-state index contributed by atoms with van der Waals surface area (Å²) in [5.74, 6) is 1.23. The molecule has 0 N–H and O–H groups in total. The topological polar surface area (TPSA) is 45.9 Å². The normalized spacial score (nSPS) is 19.6. The smallest absolute Gasteiger partial charge is 0.290 e. The highest BCUT2D eigenvalue weighted by Crippen LogP contribution is 2.18. The molecular formula is C15H24N2O3. The lowest BCUT2D eigenvalue weighted by Gasteiger charge is -2.33. The van der Waals surface area contributed by atoms with Crippen molar-refractivity contribution in [3.63, 3.8) is 0 Å². The van der Waals surface area contributed by atoms with E-state index in [1.807, 2.05) is 38.9 Å². The number of hydrogen-bond donors (Lipinski definition) is 0. The molecule has 1 aromatic rings. The van der Waals surface area contributed by atoms with Crippen molar-refractivity contribution in [3.05, 3.63) is 23.2 Å². The zero-order valence-corrected chi connectivity index (χ0v) is 12.8. The van der Waals surface area contributed by atoms with E-state index in [0.29, 0.717) is 25.5 Å². The van der Waals surface area contributed by atoms with Gasteiger partial charge < -0.3 is 19.0 Å². The maximum absolute atomic E-state index is 12.5. The summed E-state index contributed by atoms with van der Waals surface area (Å²) >= 11 is 0. The van der Waals surface area contributed by atoms with Crippen molar-refractivity contribution < 1.29 is 13.9 Å². The van der Waals surface area contributed by atoms with E-state index >= 15 is 0 Å². The Bertz CT molecular complexity index is 468. The van der Waals surface area contributed by atoms with E-state index in [1.165, 1.54) is 0 Å². The molecule has 2 heterocycles. The predicted molar refractivity (Wildman–Crippen MR) is 77.0 cm³/mol. The van der Waals surface area contributed by atoms with Crippen LogP contribution in [-0.4, -0.2) is 62.1 Å². The molecule has 0 aromatic carbocycles. The summed E-state index contributed by atoms with van der Waals surface area (Å²) in [5, 5.41) is 0. The molecule has 1 fully saturated rings. The molecule has 2 rings (SSSR count). The van der Waals surface area contributed by atoms with E-state index in [1.54, 1.807) is 0 Å². The van der Waals surface area contributed by atoms with Gasteiger partial charge in [0.25, 0.3) is 5.91 Å². The van der Waals surface area contributed by atoms with E-state index in [-0.39, 0.29) is 12.0 Å². The quantitative estimate of drug-likeness (QED) is 0.842. The van der Waals surface area contributed by atoms with Crippen LogP contribution < -0.4 is 0 Å². The lowest BCUT2D eigenvalue weighted by atomic mass is 10.1. The molecule has 0 aliphatic carbocycles. The molecule has 112 valence electrons. The van der Waals surface area contributed by atoms with Crippen LogP contribution in [0.25, 0.3) is 0 Å². The largest absolute Gasteiger partial charge is 0.456 e. The summed E-state index contributed by atoms with van der Waals surface area (Å²) < 4.78 is 11.3. The monoisotopic (exact) mass is 280 g/mol. The molecule has 0 spiro atoms. The zero-order chi connectivity index (χ0) is 14.7. The van der Waals surface area contributed by atoms with Gasteiger partial charge in [0.1, 0.15) is 5.76 Å². The summed E-state index contributed by atoms with van der Waals surface area (Å²) in [4.78, 5) is 16.5. The number of amides is 1. The third-order valence-corrected chi connectivity index (χ3v) is 3.56. The molecule has 0 saturated carbocycles. The van der Waals surface area contributed by atoms with Crippen LogP contribution in [0, 0.1) is 13.8 Å². The van der Waals surface area contributed by atoms with E-state index in [0.717, 1.165) is 24.3 Å². The van der Waals surface area contributed by atoms with Gasteiger partial charge in [0.05, 0.1) is 12.7 Å². The van der Waals surface area contributed by atoms with Crippen LogP contribution in [0.5, 0.6) is 0 Å². The van der Waals surface area contributed by atoms with Crippen molar-refractivity contribution in [3.8, 4) is 0 Å². The lowest BCUT2D eigenvalue weighted by molar-refractivity contribution is -0.0279. The Kier molecular flexibility index (Phi) is 4.83. The standard InChI is InChI=1S/C15H24N2O3/c1-11-9-12(2)20-14(11)15(18)17-7-8-19-13(10-17)5-6-16(3)4/h9,13H,5-8,10H2,1-4H3/t13-/m0/s1. The van der Waals surface area contributed by atoms with Crippen LogP contribution in [0.2, 0.25) is 0 Å². The maximum atomic E-state index is 12.5. The van der Waals surface area contributed by atoms with Gasteiger partial charge in [-0.2, -0.15) is 0 Å². The van der Waals surface area contributed by atoms with Crippen LogP contribution in [0.1, 0.15) is 28.3 Å². The first-order valence-electron chi connectivity index (χ1n) is 7.10. The van der Waals surface area contributed by atoms with E-state index in [2.05, 4.69) is 4.90 Å². The van der Waals surface area contributed by atoms with Gasteiger partial charge in [0.15, 0.2) is 5.76 Å². The van der Waals surface area contributed by atoms with E-state index in [4.69, 9.17) is 9.15 Å². The van der Waals surface area contributed by atoms with Crippen molar-refractivity contribution in [1.82, 2.24) is 9.80 Å². The van der Waals surface area contributed by atoms with Crippen molar-refractivity contribution in [2.75, 3.05) is 40.3 Å². The average Bonchev–Trinajstić information content (AvgIpc) is 2.75. The van der Waals surface area contributed by atoms with Crippen molar-refractivity contribution in [2.45, 2.75) is 26.4 Å². The predicted octanol–water partition coefficient (Wildman–Crippen LogP) is 1.69. The Hall–Kier alpha value is -1.33. The molecule has 0 unspecified atom stereocenters. The third kappa shape index (κ3) is 3.61. The second-order valence-electron chi connectivity index (χ2n) is 5.71. The second-order valence-corrected chi connectivity index (χ2v) is 5.71. The summed E-state index contributed by atoms with van der Waals surface area (Å²) in [7, 11) is 4.08. The molecule has 20 heavy (non-hydrogen) atoms. The van der Waals surface area contributed by atoms with Gasteiger partial charge in [-0.3, -0.25) is 4.79 Å². The fraction of sp³-hybridized carbons (Fsp3) is 0.667. The van der Waals surface area contributed by atoms with Crippen LogP contribution in [0.15, 0.2) is 10.5 Å². The Morgan fingerprint density at radius 1 is 1.45 bits per heavy atom. The minimum atomic E-state index is -0.0197. The first kappa shape index (κ1) is 15.1. The van der Waals surface area contributed by atoms with Crippen LogP contribution in [0.3, 0.4) is 0 Å². The third-order valence-electron chi connectivity index (χ3n) is 3.56. The number of aryl methyl sites for hydroxylation is 2. The van der Waals surface area contributed by atoms with Crippen molar-refractivity contribution >= 4 is 5.91 Å². The molecular weight excluding hydrogens is 256 g/mol. The number of furan rings is 1. The molecule has 1 aliphatic rings. The van der Waals surface area contributed by atoms with Gasteiger partial charge in [0, 0.05) is 25.2 Å². The molecule has 1 amide bonds. The zero-order valence-electron chi connectivity index (χ0n) is 12.8. The molecule has 0 radical (unpaired) electrons. The second kappa shape index (κ2) is 6.41. The molecule has 1 aliphatic heterocycles. The summed E-state index contributed by atoms with van der Waals surface area (Å²) in [6.45, 7) is 6.62. The Balaban J connectivity index is 1.98. The SMILES string of the molecule is Cc1cc(C)c(C(=O)N2CCO[C@@H](CCN(C)C)C2)o1. The number of ether oxygens (including phenoxy) is 1. The fourth-order valence-corrected chi connectivity index (χ4v) is 2.48. The van der Waals surface area contributed by atoms with Crippen LogP contribution in [0.4, 0.5) is 0 Å². The number of carbonyl (C=O) groups is 1. The van der Waals surface area contributed by atoms with Crippen LogP contribution >= 0.6 is 0 Å². The minimum Gasteiger partial charge on any atom is -0.456 e. The van der Waals surface area contributed by atoms with Crippen molar-refractivity contribution in [2.24, 2.45) is 0 Å². The molecule has 5 nitrogen and oxygen atoms in total. The summed E-state index contributed by atoms with van der Waals surface area (Å²) in [5.41, 5.74) is 0.906. The van der Waals surface area contributed by atoms with Crippen molar-refractivity contribution in [1.29, 1.82) is 0 Å². The highest BCUT2D eigenvalue weighted by molar-refractivity contribution is 5.93. The first-order chi connectivity index (χ1) is 9.47. The number of nitrogens with zero attached hydrogens (tertiary/aromatic N) is 2. The minimum absolute atomic E-state index is 0.0197. The maximum Gasteiger partial charge on any atom is 0.290 e. The molecule has 5 heteroatoms. The van der Waals surface area contributed by atoms with Gasteiger partial charge in [-0.25, -0.2) is 0 Å². The van der Waals surface area contributed by atoms with Gasteiger partial charge in [0.2, 0.25) is 0 Å². The van der Waals surface area contributed by atoms with Gasteiger partial charge in [-0.15, -0.1) is 0 Å². The van der Waals surface area contributed by atoms with Gasteiger partial charge in [-0.1, -0.05) is 0 Å². The fourth-order valence-electron chi connectivity index (χ4n) is 2.48. The molecule has 0 bridgehead atoms. The number of hydrogen-bond acceptors (Lipinski definition) is 4. The lowest BCUT2D eigenvalue weighted by Crippen LogP contribution is -2.46. The summed E-state index contributed by atoms with van der Waals surface area (Å²) in [6, 6.07) is 1.90. The highest BCUT2D eigenvalue weighted by atomic mass is 16.5. The number of rotatable bonds is 4. The Labute approximate surface area is 120 Å². The highest BCUT2D eigenvalue weighted by Gasteiger charge is 2.27. The molecule has 1 aromatic heterocycles. The number of carbonyl (C=O) groups excluding carboxylic acids is 1. The Morgan fingerprint density at radius 3 is 2.80 bits per heavy atom. The Morgan fingerprint density at radius 2 is 2.20 bits per heavy atom. The number of morpholine rings is 1. The van der Waals surface area contributed by atoms with Gasteiger partial charge in [-0.05, 0) is 40.4 Å². The van der Waals surface area contributed by atoms with Crippen LogP contribution in [-0.2, 0) is 4.74 Å². The van der Waals surface area contributed by atoms with E-state index in [9.17, 15) is 4.79 Å². The molecule has 1 atom stereocenters. The first-order valence-corrected chi connectivity index (χ1v) is 7.10. The average molecular weight is 280 g/mol. The summed E-state index contributed by atoms with van der Waals surface area (Å²) in [6.07, 6.45) is 1.05. The van der Waals surface area contributed by atoms with E-state index < -0.39 is 0 Å².